The van der Waals surface area contributed by atoms with Gasteiger partial charge in [0.05, 0.1) is 18.9 Å². The molecule has 1 aromatic heterocycles. The van der Waals surface area contributed by atoms with E-state index in [0.717, 1.165) is 36.8 Å². The fraction of sp³-hybridized carbons (Fsp3) is 0.238. The zero-order valence-electron chi connectivity index (χ0n) is 15.8. The Balaban J connectivity index is 1.59. The van der Waals surface area contributed by atoms with Crippen LogP contribution in [-0.4, -0.2) is 51.4 Å². The molecule has 0 unspecified atom stereocenters. The number of phenols is 1. The van der Waals surface area contributed by atoms with Gasteiger partial charge in [-0.15, -0.1) is 0 Å². The van der Waals surface area contributed by atoms with Gasteiger partial charge in [0.25, 0.3) is 5.91 Å². The average molecular weight is 430 g/mol. The van der Waals surface area contributed by atoms with Gasteiger partial charge in [-0.05, 0) is 60.8 Å². The molecule has 2 heterocycles. The predicted molar refractivity (Wildman–Crippen MR) is 113 cm³/mol. The third-order valence-corrected chi connectivity index (χ3v) is 5.93. The Hall–Kier alpha value is -2.32. The van der Waals surface area contributed by atoms with Gasteiger partial charge >= 0.3 is 0 Å². The van der Waals surface area contributed by atoms with Crippen molar-refractivity contribution in [2.75, 3.05) is 26.3 Å². The van der Waals surface area contributed by atoms with E-state index in [2.05, 4.69) is 9.40 Å². The third-order valence-electron chi connectivity index (χ3n) is 4.60. The molecule has 0 spiro atoms. The lowest BCUT2D eigenvalue weighted by Crippen LogP contribution is -2.30. The van der Waals surface area contributed by atoms with Crippen LogP contribution in [0.3, 0.4) is 0 Å². The lowest BCUT2D eigenvalue weighted by atomic mass is 10.1. The summed E-state index contributed by atoms with van der Waals surface area (Å²) in [4.78, 5) is 14.0. The molecule has 0 radical (unpaired) electrons. The first-order chi connectivity index (χ1) is 14.0. The lowest BCUT2D eigenvalue weighted by molar-refractivity contribution is 0.0773. The van der Waals surface area contributed by atoms with E-state index in [4.69, 9.17) is 16.3 Å². The van der Waals surface area contributed by atoms with Gasteiger partial charge in [-0.2, -0.15) is 5.10 Å². The van der Waals surface area contributed by atoms with Crippen molar-refractivity contribution in [1.82, 2.24) is 14.1 Å². The molecule has 1 saturated heterocycles. The summed E-state index contributed by atoms with van der Waals surface area (Å²) in [7, 11) is 0. The molecule has 0 saturated carbocycles. The second kappa shape index (κ2) is 8.59. The number of benzene rings is 2. The molecule has 2 aromatic carbocycles. The van der Waals surface area contributed by atoms with Gasteiger partial charge in [-0.1, -0.05) is 17.7 Å². The predicted octanol–water partition coefficient (Wildman–Crippen LogP) is 4.25. The minimum absolute atomic E-state index is 0.0686. The van der Waals surface area contributed by atoms with Gasteiger partial charge in [0.1, 0.15) is 5.75 Å². The second-order valence-electron chi connectivity index (χ2n) is 6.73. The fourth-order valence-electron chi connectivity index (χ4n) is 3.13. The SMILES string of the molecule is Cc1cn(C(=O)c2cccc(SN3CCOCC3)c2)nc1-c1cc(Cl)ccc1O. The Bertz CT molecular complexity index is 1050. The van der Waals surface area contributed by atoms with Crippen LogP contribution >= 0.6 is 23.5 Å². The highest BCUT2D eigenvalue weighted by Crippen LogP contribution is 2.32. The van der Waals surface area contributed by atoms with Crippen molar-refractivity contribution in [2.24, 2.45) is 0 Å². The van der Waals surface area contributed by atoms with Gasteiger partial charge in [-0.3, -0.25) is 4.79 Å². The van der Waals surface area contributed by atoms with Crippen molar-refractivity contribution >= 4 is 29.5 Å². The molecule has 3 aromatic rings. The number of nitrogens with zero attached hydrogens (tertiary/aromatic N) is 3. The number of ether oxygens (including phenoxy) is 1. The lowest BCUT2D eigenvalue weighted by Gasteiger charge is -2.25. The monoisotopic (exact) mass is 429 g/mol. The Labute approximate surface area is 178 Å². The summed E-state index contributed by atoms with van der Waals surface area (Å²) in [6.45, 7) is 4.99. The third kappa shape index (κ3) is 4.48. The number of aryl methyl sites for hydroxylation is 1. The minimum atomic E-state index is -0.231. The van der Waals surface area contributed by atoms with Crippen LogP contribution in [0, 0.1) is 6.92 Å². The standard InChI is InChI=1S/C21H20ClN3O3S/c1-14-13-25(23-20(14)18-12-16(22)5-6-19(18)26)21(27)15-3-2-4-17(11-15)29-24-7-9-28-10-8-24/h2-6,11-13,26H,7-10H2,1H3. The smallest absolute Gasteiger partial charge is 0.278 e. The Morgan fingerprint density at radius 3 is 2.79 bits per heavy atom. The van der Waals surface area contributed by atoms with Gasteiger partial charge in [0.2, 0.25) is 0 Å². The number of aromatic nitrogens is 2. The summed E-state index contributed by atoms with van der Waals surface area (Å²) in [6.07, 6.45) is 1.67. The molecule has 4 rings (SSSR count). The first kappa shape index (κ1) is 20.0. The molecule has 1 N–H and O–H groups in total. The number of hydrogen-bond donors (Lipinski definition) is 1. The van der Waals surface area contributed by atoms with Gasteiger partial charge < -0.3 is 9.84 Å². The molecule has 1 aliphatic heterocycles. The fourth-order valence-corrected chi connectivity index (χ4v) is 4.25. The van der Waals surface area contributed by atoms with E-state index < -0.39 is 0 Å². The van der Waals surface area contributed by atoms with Gasteiger partial charge in [0, 0.05) is 40.3 Å². The maximum absolute atomic E-state index is 13.0. The van der Waals surface area contributed by atoms with Crippen LogP contribution in [0.1, 0.15) is 15.9 Å². The van der Waals surface area contributed by atoms with Crippen molar-refractivity contribution in [3.8, 4) is 17.0 Å². The van der Waals surface area contributed by atoms with Crippen LogP contribution in [-0.2, 0) is 4.74 Å². The second-order valence-corrected chi connectivity index (χ2v) is 8.34. The minimum Gasteiger partial charge on any atom is -0.507 e. The number of morpholine rings is 1. The van der Waals surface area contributed by atoms with E-state index in [1.165, 1.54) is 10.7 Å². The van der Waals surface area contributed by atoms with Crippen molar-refractivity contribution in [3.63, 3.8) is 0 Å². The molecule has 0 amide bonds. The molecule has 1 fully saturated rings. The number of halogens is 1. The first-order valence-electron chi connectivity index (χ1n) is 9.22. The Morgan fingerprint density at radius 2 is 2.00 bits per heavy atom. The Kier molecular flexibility index (Phi) is 5.91. The van der Waals surface area contributed by atoms with Crippen LogP contribution in [0.2, 0.25) is 5.02 Å². The zero-order valence-corrected chi connectivity index (χ0v) is 17.4. The summed E-state index contributed by atoms with van der Waals surface area (Å²) < 4.78 is 8.91. The van der Waals surface area contributed by atoms with Crippen LogP contribution in [0.5, 0.6) is 5.75 Å². The van der Waals surface area contributed by atoms with E-state index in [1.54, 1.807) is 36.3 Å². The number of carbonyl (C=O) groups excluding carboxylic acids is 1. The van der Waals surface area contributed by atoms with Gasteiger partial charge in [-0.25, -0.2) is 8.99 Å². The summed E-state index contributed by atoms with van der Waals surface area (Å²) in [6, 6.07) is 12.3. The molecule has 0 atom stereocenters. The van der Waals surface area contributed by atoms with E-state index >= 15 is 0 Å². The summed E-state index contributed by atoms with van der Waals surface area (Å²) in [5, 5.41) is 15.1. The number of aromatic hydroxyl groups is 1. The van der Waals surface area contributed by atoms with Crippen molar-refractivity contribution in [1.29, 1.82) is 0 Å². The number of phenolic OH excluding ortho intramolecular Hbond substituents is 1. The van der Waals surface area contributed by atoms with Crippen molar-refractivity contribution < 1.29 is 14.6 Å². The highest BCUT2D eigenvalue weighted by atomic mass is 35.5. The molecule has 0 aliphatic carbocycles. The molecule has 1 aliphatic rings. The van der Waals surface area contributed by atoms with E-state index in [-0.39, 0.29) is 11.7 Å². The molecular weight excluding hydrogens is 410 g/mol. The van der Waals surface area contributed by atoms with Crippen LogP contribution in [0.25, 0.3) is 11.3 Å². The molecule has 8 heteroatoms. The summed E-state index contributed by atoms with van der Waals surface area (Å²) >= 11 is 7.68. The highest BCUT2D eigenvalue weighted by molar-refractivity contribution is 7.97. The first-order valence-corrected chi connectivity index (χ1v) is 10.4. The largest absolute Gasteiger partial charge is 0.507 e. The van der Waals surface area contributed by atoms with Crippen LogP contribution in [0.4, 0.5) is 0 Å². The summed E-state index contributed by atoms with van der Waals surface area (Å²) in [5.41, 5.74) is 2.35. The maximum Gasteiger partial charge on any atom is 0.278 e. The molecule has 150 valence electrons. The summed E-state index contributed by atoms with van der Waals surface area (Å²) in [5.74, 6) is -0.163. The van der Waals surface area contributed by atoms with Gasteiger partial charge in [0.15, 0.2) is 0 Å². The van der Waals surface area contributed by atoms with Crippen LogP contribution in [0.15, 0.2) is 53.6 Å². The van der Waals surface area contributed by atoms with Crippen LogP contribution < -0.4 is 0 Å². The highest BCUT2D eigenvalue weighted by Gasteiger charge is 2.18. The molecule has 29 heavy (non-hydrogen) atoms. The topological polar surface area (TPSA) is 67.6 Å². The molecule has 6 nitrogen and oxygen atoms in total. The quantitative estimate of drug-likeness (QED) is 0.625. The maximum atomic E-state index is 13.0. The number of carbonyl (C=O) groups is 1. The zero-order chi connectivity index (χ0) is 20.4. The Morgan fingerprint density at radius 1 is 1.21 bits per heavy atom. The average Bonchev–Trinajstić information content (AvgIpc) is 3.11. The number of rotatable bonds is 4. The van der Waals surface area contributed by atoms with Crippen molar-refractivity contribution in [3.05, 3.63) is 64.8 Å². The number of hydrogen-bond acceptors (Lipinski definition) is 6. The van der Waals surface area contributed by atoms with E-state index in [9.17, 15) is 9.90 Å². The molecule has 0 bridgehead atoms. The van der Waals surface area contributed by atoms with Crippen molar-refractivity contribution in [2.45, 2.75) is 11.8 Å². The normalized spacial score (nSPS) is 14.8. The van der Waals surface area contributed by atoms with E-state index in [0.29, 0.717) is 21.8 Å². The molecular formula is C21H20ClN3O3S. The van der Waals surface area contributed by atoms with E-state index in [1.807, 2.05) is 25.1 Å².